The summed E-state index contributed by atoms with van der Waals surface area (Å²) in [4.78, 5) is 10.5. The summed E-state index contributed by atoms with van der Waals surface area (Å²) < 4.78 is 9.10. The Bertz CT molecular complexity index is 3090. The molecule has 0 unspecified atom stereocenters. The summed E-state index contributed by atoms with van der Waals surface area (Å²) in [5.74, 6) is 0.616. The molecule has 0 saturated heterocycles. The van der Waals surface area contributed by atoms with Crippen molar-refractivity contribution in [2.75, 3.05) is 0 Å². The Kier molecular flexibility index (Phi) is 8.08. The third-order valence-corrected chi connectivity index (χ3v) is 10.6. The van der Waals surface area contributed by atoms with E-state index in [0.717, 1.165) is 99.8 Å². The van der Waals surface area contributed by atoms with E-state index in [0.29, 0.717) is 5.82 Å². The molecule has 0 aliphatic carbocycles. The van der Waals surface area contributed by atoms with Gasteiger partial charge < -0.3 is 8.98 Å². The van der Waals surface area contributed by atoms with Crippen LogP contribution in [0.4, 0.5) is 0 Å². The van der Waals surface area contributed by atoms with E-state index in [9.17, 15) is 0 Å². The van der Waals surface area contributed by atoms with Gasteiger partial charge in [-0.15, -0.1) is 0 Å². The molecule has 56 heavy (non-hydrogen) atoms. The predicted molar refractivity (Wildman–Crippen MR) is 234 cm³/mol. The van der Waals surface area contributed by atoms with E-state index in [1.807, 2.05) is 48.6 Å². The number of rotatable bonds is 8. The van der Waals surface area contributed by atoms with Gasteiger partial charge in [0.15, 0.2) is 5.82 Å². The largest absolute Gasteiger partial charge is 0.455 e. The van der Waals surface area contributed by atoms with Crippen molar-refractivity contribution in [1.29, 1.82) is 0 Å². The third-order valence-electron chi connectivity index (χ3n) is 10.6. The topological polar surface area (TPSA) is 43.9 Å². The monoisotopic (exact) mass is 717 g/mol. The average molecular weight is 718 g/mol. The minimum atomic E-state index is 0.616. The lowest BCUT2D eigenvalue weighted by molar-refractivity contribution is 0.673. The second kappa shape index (κ2) is 13.7. The molecule has 4 heteroatoms. The molecule has 0 atom stereocenters. The van der Waals surface area contributed by atoms with Gasteiger partial charge >= 0.3 is 0 Å². The summed E-state index contributed by atoms with van der Waals surface area (Å²) >= 11 is 0. The molecule has 0 bridgehead atoms. The van der Waals surface area contributed by atoms with Gasteiger partial charge in [0.1, 0.15) is 11.2 Å². The van der Waals surface area contributed by atoms with Crippen LogP contribution in [0.25, 0.3) is 99.9 Å². The minimum absolute atomic E-state index is 0.616. The first-order valence-electron chi connectivity index (χ1n) is 18.7. The van der Waals surface area contributed by atoms with Crippen molar-refractivity contribution in [2.45, 2.75) is 0 Å². The Balaban J connectivity index is 1.34. The fraction of sp³-hybridized carbons (Fsp3) is 0. The van der Waals surface area contributed by atoms with Crippen molar-refractivity contribution < 1.29 is 4.42 Å². The predicted octanol–water partition coefficient (Wildman–Crippen LogP) is 13.9. The molecule has 3 heterocycles. The van der Waals surface area contributed by atoms with Crippen molar-refractivity contribution >= 4 is 49.3 Å². The molecule has 0 radical (unpaired) electrons. The van der Waals surface area contributed by atoms with Gasteiger partial charge in [0.05, 0.1) is 33.5 Å². The Labute approximate surface area is 324 Å². The van der Waals surface area contributed by atoms with Gasteiger partial charge in [-0.25, -0.2) is 9.97 Å². The van der Waals surface area contributed by atoms with Gasteiger partial charge in [0.2, 0.25) is 0 Å². The smallest absolute Gasteiger partial charge is 0.160 e. The van der Waals surface area contributed by atoms with Crippen molar-refractivity contribution in [2.24, 2.45) is 0 Å². The van der Waals surface area contributed by atoms with Gasteiger partial charge in [-0.2, -0.15) is 0 Å². The summed E-state index contributed by atoms with van der Waals surface area (Å²) in [5.41, 5.74) is 13.6. The van der Waals surface area contributed by atoms with Gasteiger partial charge in [0, 0.05) is 38.4 Å². The lowest BCUT2D eigenvalue weighted by atomic mass is 9.92. The quantitative estimate of drug-likeness (QED) is 0.147. The highest BCUT2D eigenvalue weighted by molar-refractivity contribution is 6.24. The van der Waals surface area contributed by atoms with Crippen LogP contribution in [0.15, 0.2) is 206 Å². The Morgan fingerprint density at radius 1 is 0.536 bits per heavy atom. The maximum Gasteiger partial charge on any atom is 0.160 e. The van der Waals surface area contributed by atoms with Crippen LogP contribution < -0.4 is 0 Å². The first-order chi connectivity index (χ1) is 27.7. The third kappa shape index (κ3) is 5.47. The fourth-order valence-corrected chi connectivity index (χ4v) is 8.02. The number of aromatic nitrogens is 3. The number of hydrogen-bond acceptors (Lipinski definition) is 3. The van der Waals surface area contributed by atoms with Crippen LogP contribution in [0.2, 0.25) is 0 Å². The zero-order valence-corrected chi connectivity index (χ0v) is 30.6. The highest BCUT2D eigenvalue weighted by Crippen LogP contribution is 2.46. The molecule has 0 N–H and O–H groups in total. The molecule has 10 rings (SSSR count). The van der Waals surface area contributed by atoms with Gasteiger partial charge in [-0.1, -0.05) is 159 Å². The summed E-state index contributed by atoms with van der Waals surface area (Å²) in [6.07, 6.45) is 5.52. The fourth-order valence-electron chi connectivity index (χ4n) is 8.02. The van der Waals surface area contributed by atoms with Crippen molar-refractivity contribution in [3.63, 3.8) is 0 Å². The number of para-hydroxylation sites is 2. The number of allylic oxidation sites excluding steroid dienone is 4. The molecule has 0 fully saturated rings. The standard InChI is InChI=1S/C52H35N3O/c1-3-18-34(4-2)44-33-45(37-23-12-7-13-24-37)54-52(53-44)38-31-42(35-19-8-5-9-20-35)50(43(32-38)36-21-10-6-11-22-36)55-46-27-16-14-26-41(46)49-47(55)30-29-40-39-25-15-17-28-48(39)56-51(40)49/h3-33H,1-2H2/b34-18+. The normalized spacial score (nSPS) is 11.8. The molecule has 0 spiro atoms. The second-order valence-corrected chi connectivity index (χ2v) is 13.8. The zero-order chi connectivity index (χ0) is 37.6. The summed E-state index contributed by atoms with van der Waals surface area (Å²) in [6.45, 7) is 8.06. The van der Waals surface area contributed by atoms with Crippen molar-refractivity contribution in [3.05, 3.63) is 207 Å². The molecule has 3 aromatic heterocycles. The van der Waals surface area contributed by atoms with Crippen LogP contribution in [-0.4, -0.2) is 14.5 Å². The Morgan fingerprint density at radius 3 is 1.80 bits per heavy atom. The molecule has 10 aromatic rings. The highest BCUT2D eigenvalue weighted by Gasteiger charge is 2.24. The first kappa shape index (κ1) is 33.0. The van der Waals surface area contributed by atoms with Gasteiger partial charge in [-0.3, -0.25) is 0 Å². The lowest BCUT2D eigenvalue weighted by Crippen LogP contribution is -2.03. The molecule has 0 amide bonds. The van der Waals surface area contributed by atoms with E-state index in [2.05, 4.69) is 151 Å². The van der Waals surface area contributed by atoms with E-state index < -0.39 is 0 Å². The first-order valence-corrected chi connectivity index (χ1v) is 18.7. The molecule has 0 aliphatic heterocycles. The van der Waals surface area contributed by atoms with Crippen LogP contribution in [0, 0.1) is 0 Å². The van der Waals surface area contributed by atoms with Crippen LogP contribution in [0.1, 0.15) is 5.69 Å². The molecular formula is C52H35N3O. The zero-order valence-electron chi connectivity index (χ0n) is 30.6. The van der Waals surface area contributed by atoms with Gasteiger partial charge in [-0.05, 0) is 59.2 Å². The minimum Gasteiger partial charge on any atom is -0.455 e. The summed E-state index contributed by atoms with van der Waals surface area (Å²) in [7, 11) is 0. The second-order valence-electron chi connectivity index (χ2n) is 13.8. The Morgan fingerprint density at radius 2 is 1.14 bits per heavy atom. The van der Waals surface area contributed by atoms with Gasteiger partial charge in [0.25, 0.3) is 0 Å². The van der Waals surface area contributed by atoms with Crippen LogP contribution in [0.5, 0.6) is 0 Å². The average Bonchev–Trinajstić information content (AvgIpc) is 3.81. The van der Waals surface area contributed by atoms with E-state index in [-0.39, 0.29) is 0 Å². The Hall–Kier alpha value is -7.56. The van der Waals surface area contributed by atoms with E-state index in [4.69, 9.17) is 14.4 Å². The number of fused-ring (bicyclic) bond motifs is 7. The van der Waals surface area contributed by atoms with Crippen LogP contribution in [-0.2, 0) is 0 Å². The number of furan rings is 1. The van der Waals surface area contributed by atoms with Crippen LogP contribution in [0.3, 0.4) is 0 Å². The molecule has 4 nitrogen and oxygen atoms in total. The van der Waals surface area contributed by atoms with Crippen molar-refractivity contribution in [1.82, 2.24) is 14.5 Å². The van der Waals surface area contributed by atoms with E-state index >= 15 is 0 Å². The summed E-state index contributed by atoms with van der Waals surface area (Å²) in [6, 6.07) is 59.4. The molecule has 264 valence electrons. The molecular weight excluding hydrogens is 683 g/mol. The molecule has 0 saturated carbocycles. The molecule has 7 aromatic carbocycles. The van der Waals surface area contributed by atoms with E-state index in [1.165, 1.54) is 0 Å². The maximum atomic E-state index is 6.69. The number of nitrogens with zero attached hydrogens (tertiary/aromatic N) is 3. The van der Waals surface area contributed by atoms with Crippen molar-refractivity contribution in [3.8, 4) is 50.6 Å². The number of hydrogen-bond donors (Lipinski definition) is 0. The summed E-state index contributed by atoms with van der Waals surface area (Å²) in [5, 5.41) is 4.43. The highest BCUT2D eigenvalue weighted by atomic mass is 16.3. The lowest BCUT2D eigenvalue weighted by Gasteiger charge is -2.21. The van der Waals surface area contributed by atoms with E-state index in [1.54, 1.807) is 6.08 Å². The number of benzene rings is 7. The van der Waals surface area contributed by atoms with Crippen LogP contribution >= 0.6 is 0 Å². The molecule has 0 aliphatic rings. The maximum absolute atomic E-state index is 6.69. The SMILES string of the molecule is C=C/C=C(\C=C)c1cc(-c2ccccc2)nc(-c2cc(-c3ccccc3)c(-n3c4ccccc4c4c5oc6ccccc6c5ccc43)c(-c3ccccc3)c2)n1.